The highest BCUT2D eigenvalue weighted by Gasteiger charge is 2.23. The summed E-state index contributed by atoms with van der Waals surface area (Å²) in [5.41, 5.74) is 0. The van der Waals surface area contributed by atoms with Gasteiger partial charge in [0.15, 0.2) is 0 Å². The highest BCUT2D eigenvalue weighted by Crippen LogP contribution is 2.27. The Balaban J connectivity index is 1.90. The van der Waals surface area contributed by atoms with Crippen LogP contribution in [-0.4, -0.2) is 22.8 Å². The van der Waals surface area contributed by atoms with E-state index in [9.17, 15) is 0 Å². The van der Waals surface area contributed by atoms with E-state index in [4.69, 9.17) is 0 Å². The van der Waals surface area contributed by atoms with Crippen LogP contribution in [0.15, 0.2) is 15.9 Å². The molecule has 2 rings (SSSR count). The first kappa shape index (κ1) is 12.1. The lowest BCUT2D eigenvalue weighted by atomic mass is 10.0. The number of hydrogen-bond acceptors (Lipinski definition) is 2. The molecule has 0 aromatic carbocycles. The molecule has 1 aliphatic heterocycles. The molecule has 0 amide bonds. The van der Waals surface area contributed by atoms with Gasteiger partial charge >= 0.3 is 0 Å². The quantitative estimate of drug-likeness (QED) is 0.724. The van der Waals surface area contributed by atoms with Gasteiger partial charge in [0.1, 0.15) is 0 Å². The van der Waals surface area contributed by atoms with Gasteiger partial charge < -0.3 is 0 Å². The first-order chi connectivity index (χ1) is 7.15. The predicted molar refractivity (Wildman–Crippen MR) is 73.8 cm³/mol. The SMILES string of the molecule is CC1CN(Cc2ccc(Br)s2)CCC1Br. The maximum atomic E-state index is 3.74. The van der Waals surface area contributed by atoms with Gasteiger partial charge in [-0.15, -0.1) is 11.3 Å². The van der Waals surface area contributed by atoms with Crippen molar-refractivity contribution in [2.24, 2.45) is 5.92 Å². The number of hydrogen-bond donors (Lipinski definition) is 0. The molecule has 2 unspecified atom stereocenters. The van der Waals surface area contributed by atoms with E-state index in [2.05, 4.69) is 55.8 Å². The Kier molecular flexibility index (Phi) is 4.27. The van der Waals surface area contributed by atoms with Crippen LogP contribution in [0.2, 0.25) is 0 Å². The van der Waals surface area contributed by atoms with Gasteiger partial charge in [0, 0.05) is 22.8 Å². The molecule has 1 saturated heterocycles. The van der Waals surface area contributed by atoms with Crippen LogP contribution in [0, 0.1) is 5.92 Å². The van der Waals surface area contributed by atoms with Crippen molar-refractivity contribution in [1.29, 1.82) is 0 Å². The summed E-state index contributed by atoms with van der Waals surface area (Å²) >= 11 is 9.10. The maximum Gasteiger partial charge on any atom is 0.0701 e. The highest BCUT2D eigenvalue weighted by molar-refractivity contribution is 9.11. The van der Waals surface area contributed by atoms with E-state index in [0.717, 1.165) is 12.5 Å². The maximum absolute atomic E-state index is 3.74. The third-order valence-electron chi connectivity index (χ3n) is 2.89. The molecule has 84 valence electrons. The predicted octanol–water partition coefficient (Wildman–Crippen LogP) is 4.12. The van der Waals surface area contributed by atoms with Crippen molar-refractivity contribution >= 4 is 43.2 Å². The van der Waals surface area contributed by atoms with Gasteiger partial charge in [-0.3, -0.25) is 4.90 Å². The number of likely N-dealkylation sites (tertiary alicyclic amines) is 1. The summed E-state index contributed by atoms with van der Waals surface area (Å²) in [6.07, 6.45) is 1.27. The van der Waals surface area contributed by atoms with Crippen molar-refractivity contribution in [2.45, 2.75) is 24.7 Å². The molecule has 1 nitrogen and oxygen atoms in total. The molecule has 2 atom stereocenters. The zero-order chi connectivity index (χ0) is 10.8. The summed E-state index contributed by atoms with van der Waals surface area (Å²) in [6, 6.07) is 4.36. The number of nitrogens with zero attached hydrogens (tertiary/aromatic N) is 1. The molecule has 0 saturated carbocycles. The van der Waals surface area contributed by atoms with E-state index in [1.807, 2.05) is 11.3 Å². The third kappa shape index (κ3) is 3.29. The molecule has 2 heterocycles. The van der Waals surface area contributed by atoms with Crippen LogP contribution in [0.4, 0.5) is 0 Å². The molecular formula is C11H15Br2NS. The minimum absolute atomic E-state index is 0.712. The first-order valence-corrected chi connectivity index (χ1v) is 7.78. The Morgan fingerprint density at radius 1 is 1.53 bits per heavy atom. The van der Waals surface area contributed by atoms with Crippen molar-refractivity contribution in [2.75, 3.05) is 13.1 Å². The van der Waals surface area contributed by atoms with E-state index >= 15 is 0 Å². The molecule has 0 radical (unpaired) electrons. The molecule has 1 aromatic heterocycles. The Bertz CT molecular complexity index is 326. The number of alkyl halides is 1. The van der Waals surface area contributed by atoms with Crippen LogP contribution in [0.5, 0.6) is 0 Å². The second-order valence-corrected chi connectivity index (χ2v) is 7.95. The Labute approximate surface area is 112 Å². The van der Waals surface area contributed by atoms with Crippen molar-refractivity contribution in [1.82, 2.24) is 4.90 Å². The van der Waals surface area contributed by atoms with Crippen molar-refractivity contribution in [3.8, 4) is 0 Å². The van der Waals surface area contributed by atoms with Crippen LogP contribution in [0.1, 0.15) is 18.2 Å². The fourth-order valence-electron chi connectivity index (χ4n) is 2.00. The van der Waals surface area contributed by atoms with Gasteiger partial charge in [0.05, 0.1) is 3.79 Å². The summed E-state index contributed by atoms with van der Waals surface area (Å²) in [5.74, 6) is 0.766. The van der Waals surface area contributed by atoms with Gasteiger partial charge in [-0.05, 0) is 46.9 Å². The lowest BCUT2D eigenvalue weighted by Crippen LogP contribution is -2.38. The van der Waals surface area contributed by atoms with Gasteiger partial charge in [-0.2, -0.15) is 0 Å². The lowest BCUT2D eigenvalue weighted by molar-refractivity contribution is 0.185. The minimum Gasteiger partial charge on any atom is -0.298 e. The summed E-state index contributed by atoms with van der Waals surface area (Å²) < 4.78 is 1.24. The Morgan fingerprint density at radius 3 is 2.93 bits per heavy atom. The van der Waals surface area contributed by atoms with E-state index in [-0.39, 0.29) is 0 Å². The molecule has 15 heavy (non-hydrogen) atoms. The minimum atomic E-state index is 0.712. The zero-order valence-electron chi connectivity index (χ0n) is 8.75. The topological polar surface area (TPSA) is 3.24 Å². The Hall–Kier alpha value is 0.620. The van der Waals surface area contributed by atoms with Gasteiger partial charge in [-0.25, -0.2) is 0 Å². The fraction of sp³-hybridized carbons (Fsp3) is 0.636. The van der Waals surface area contributed by atoms with Crippen molar-refractivity contribution < 1.29 is 0 Å². The number of thiophene rings is 1. The molecule has 0 bridgehead atoms. The smallest absolute Gasteiger partial charge is 0.0701 e. The van der Waals surface area contributed by atoms with Gasteiger partial charge in [-0.1, -0.05) is 22.9 Å². The van der Waals surface area contributed by atoms with E-state index in [1.165, 1.54) is 28.2 Å². The second-order valence-electron chi connectivity index (χ2n) is 4.22. The largest absolute Gasteiger partial charge is 0.298 e. The van der Waals surface area contributed by atoms with Crippen LogP contribution >= 0.6 is 43.2 Å². The van der Waals surface area contributed by atoms with E-state index in [1.54, 1.807) is 0 Å². The number of rotatable bonds is 2. The van der Waals surface area contributed by atoms with Crippen LogP contribution in [-0.2, 0) is 6.54 Å². The van der Waals surface area contributed by atoms with Crippen LogP contribution < -0.4 is 0 Å². The summed E-state index contributed by atoms with van der Waals surface area (Å²) in [6.45, 7) is 5.87. The standard InChI is InChI=1S/C11H15Br2NS/c1-8-6-14(5-4-10(8)12)7-9-2-3-11(13)15-9/h2-3,8,10H,4-7H2,1H3. The van der Waals surface area contributed by atoms with Crippen molar-refractivity contribution in [3.05, 3.63) is 20.8 Å². The molecule has 0 aliphatic carbocycles. The first-order valence-electron chi connectivity index (χ1n) is 5.26. The van der Waals surface area contributed by atoms with Crippen LogP contribution in [0.25, 0.3) is 0 Å². The summed E-state index contributed by atoms with van der Waals surface area (Å²) in [7, 11) is 0. The zero-order valence-corrected chi connectivity index (χ0v) is 12.7. The van der Waals surface area contributed by atoms with Crippen molar-refractivity contribution in [3.63, 3.8) is 0 Å². The van der Waals surface area contributed by atoms with Gasteiger partial charge in [0.25, 0.3) is 0 Å². The molecule has 4 heteroatoms. The number of halogens is 2. The van der Waals surface area contributed by atoms with Crippen LogP contribution in [0.3, 0.4) is 0 Å². The highest BCUT2D eigenvalue weighted by atomic mass is 79.9. The molecule has 1 fully saturated rings. The number of piperidine rings is 1. The fourth-order valence-corrected chi connectivity index (χ4v) is 3.90. The summed E-state index contributed by atoms with van der Waals surface area (Å²) in [4.78, 5) is 4.73. The third-order valence-corrected chi connectivity index (χ3v) is 5.86. The van der Waals surface area contributed by atoms with E-state index < -0.39 is 0 Å². The molecule has 0 spiro atoms. The van der Waals surface area contributed by atoms with Gasteiger partial charge in [0.2, 0.25) is 0 Å². The second kappa shape index (κ2) is 5.30. The average Bonchev–Trinajstić information content (AvgIpc) is 2.58. The lowest BCUT2D eigenvalue weighted by Gasteiger charge is -2.33. The monoisotopic (exact) mass is 351 g/mol. The summed E-state index contributed by atoms with van der Waals surface area (Å²) in [5, 5.41) is 0. The molecule has 1 aliphatic rings. The average molecular weight is 353 g/mol. The molecule has 1 aromatic rings. The molecule has 0 N–H and O–H groups in total. The normalized spacial score (nSPS) is 28.2. The Morgan fingerprint density at radius 2 is 2.33 bits per heavy atom. The van der Waals surface area contributed by atoms with E-state index in [0.29, 0.717) is 4.83 Å². The molecular weight excluding hydrogens is 338 g/mol.